The Labute approximate surface area is 188 Å². The van der Waals surface area contributed by atoms with Crippen LogP contribution in [0.1, 0.15) is 40.9 Å². The Kier molecular flexibility index (Phi) is 5.10. The molecule has 1 aliphatic carbocycles. The standard InChI is InChI=1S/C23H22F3N5O2/c1-14-5-7-27-19(18(14)20-28-8-9-33-20)21(32)31-12-15-4-6-22(31,10-15)13-30-17-3-2-16(11-29-17)23(24,25)26/h2-3,5,7-9,11,15H,4,6,10,12-13H2,1H3,(H,29,30). The summed E-state index contributed by atoms with van der Waals surface area (Å²) in [7, 11) is 0. The van der Waals surface area contributed by atoms with Gasteiger partial charge in [0.05, 0.1) is 22.9 Å². The van der Waals surface area contributed by atoms with Gasteiger partial charge in [-0.05, 0) is 55.9 Å². The zero-order valence-electron chi connectivity index (χ0n) is 17.9. The number of aromatic nitrogens is 3. The summed E-state index contributed by atoms with van der Waals surface area (Å²) in [4.78, 5) is 28.0. The van der Waals surface area contributed by atoms with E-state index in [4.69, 9.17) is 4.42 Å². The number of hydrogen-bond acceptors (Lipinski definition) is 6. The summed E-state index contributed by atoms with van der Waals surface area (Å²) in [6.07, 6.45) is 3.59. The number of pyridine rings is 2. The molecule has 0 radical (unpaired) electrons. The van der Waals surface area contributed by atoms with Crippen LogP contribution >= 0.6 is 0 Å². The molecule has 1 aliphatic heterocycles. The van der Waals surface area contributed by atoms with Crippen molar-refractivity contribution >= 4 is 11.7 Å². The number of alkyl halides is 3. The Balaban J connectivity index is 1.40. The summed E-state index contributed by atoms with van der Waals surface area (Å²) in [6.45, 7) is 2.89. The van der Waals surface area contributed by atoms with Gasteiger partial charge in [-0.1, -0.05) is 0 Å². The number of anilines is 1. The summed E-state index contributed by atoms with van der Waals surface area (Å²) < 4.78 is 43.9. The molecule has 33 heavy (non-hydrogen) atoms. The second-order valence-corrected chi connectivity index (χ2v) is 8.72. The van der Waals surface area contributed by atoms with E-state index in [1.54, 1.807) is 12.3 Å². The van der Waals surface area contributed by atoms with Crippen LogP contribution in [0.25, 0.3) is 11.5 Å². The summed E-state index contributed by atoms with van der Waals surface area (Å²) in [6, 6.07) is 4.12. The number of nitrogens with zero attached hydrogens (tertiary/aromatic N) is 4. The first-order valence-corrected chi connectivity index (χ1v) is 10.7. The normalized spacial score (nSPS) is 22.1. The van der Waals surface area contributed by atoms with E-state index in [2.05, 4.69) is 20.3 Å². The van der Waals surface area contributed by atoms with Gasteiger partial charge in [0.2, 0.25) is 5.89 Å². The van der Waals surface area contributed by atoms with Gasteiger partial charge >= 0.3 is 6.18 Å². The van der Waals surface area contributed by atoms with Gasteiger partial charge < -0.3 is 14.6 Å². The van der Waals surface area contributed by atoms with Gasteiger partial charge in [-0.15, -0.1) is 0 Å². The molecule has 1 saturated carbocycles. The van der Waals surface area contributed by atoms with Gasteiger partial charge in [-0.25, -0.2) is 9.97 Å². The smallest absolute Gasteiger partial charge is 0.417 e. The lowest BCUT2D eigenvalue weighted by atomic mass is 9.95. The first kappa shape index (κ1) is 21.4. The van der Waals surface area contributed by atoms with Crippen molar-refractivity contribution in [1.82, 2.24) is 19.9 Å². The average molecular weight is 457 g/mol. The molecule has 0 aromatic carbocycles. The molecule has 1 saturated heterocycles. The molecule has 172 valence electrons. The number of piperidine rings is 1. The highest BCUT2D eigenvalue weighted by atomic mass is 19.4. The maximum atomic E-state index is 13.7. The monoisotopic (exact) mass is 457 g/mol. The molecule has 0 spiro atoms. The van der Waals surface area contributed by atoms with Crippen molar-refractivity contribution in [1.29, 1.82) is 0 Å². The number of halogens is 3. The van der Waals surface area contributed by atoms with Crippen LogP contribution in [-0.4, -0.2) is 44.4 Å². The maximum Gasteiger partial charge on any atom is 0.417 e. The minimum Gasteiger partial charge on any atom is -0.444 e. The molecule has 3 aromatic rings. The van der Waals surface area contributed by atoms with Crippen molar-refractivity contribution in [3.63, 3.8) is 0 Å². The van der Waals surface area contributed by atoms with Gasteiger partial charge in [-0.3, -0.25) is 9.78 Å². The lowest BCUT2D eigenvalue weighted by Crippen LogP contribution is -2.52. The van der Waals surface area contributed by atoms with E-state index in [-0.39, 0.29) is 11.6 Å². The van der Waals surface area contributed by atoms with Crippen LogP contribution in [0, 0.1) is 12.8 Å². The molecule has 2 aliphatic rings. The number of rotatable bonds is 5. The summed E-state index contributed by atoms with van der Waals surface area (Å²) in [5, 5.41) is 3.15. The fourth-order valence-electron chi connectivity index (χ4n) is 5.01. The number of oxazole rings is 1. The van der Waals surface area contributed by atoms with E-state index in [1.165, 1.54) is 18.5 Å². The highest BCUT2D eigenvalue weighted by Gasteiger charge is 2.53. The number of likely N-dealkylation sites (tertiary alicyclic amines) is 1. The van der Waals surface area contributed by atoms with E-state index in [0.29, 0.717) is 36.3 Å². The Hall–Kier alpha value is -3.43. The minimum atomic E-state index is -4.43. The molecule has 3 aromatic heterocycles. The summed E-state index contributed by atoms with van der Waals surface area (Å²) in [5.74, 6) is 0.867. The van der Waals surface area contributed by atoms with Gasteiger partial charge in [0.15, 0.2) is 0 Å². The molecule has 2 fully saturated rings. The van der Waals surface area contributed by atoms with Crippen molar-refractivity contribution in [3.8, 4) is 11.5 Å². The number of carbonyl (C=O) groups excluding carboxylic acids is 1. The van der Waals surface area contributed by atoms with Gasteiger partial charge in [0.1, 0.15) is 17.8 Å². The molecule has 2 atom stereocenters. The van der Waals surface area contributed by atoms with E-state index >= 15 is 0 Å². The third-order valence-corrected chi connectivity index (χ3v) is 6.64. The molecule has 1 N–H and O–H groups in total. The fourth-order valence-corrected chi connectivity index (χ4v) is 5.01. The predicted molar refractivity (Wildman–Crippen MR) is 113 cm³/mol. The van der Waals surface area contributed by atoms with Crippen LogP contribution in [0.5, 0.6) is 0 Å². The number of fused-ring (bicyclic) bond motifs is 2. The zero-order valence-corrected chi connectivity index (χ0v) is 17.9. The molecule has 5 rings (SSSR count). The quantitative estimate of drug-likeness (QED) is 0.605. The van der Waals surface area contributed by atoms with Crippen molar-refractivity contribution in [3.05, 3.63) is 59.9 Å². The van der Waals surface area contributed by atoms with Crippen molar-refractivity contribution in [2.24, 2.45) is 5.92 Å². The Morgan fingerprint density at radius 1 is 1.24 bits per heavy atom. The van der Waals surface area contributed by atoms with Crippen molar-refractivity contribution in [2.75, 3.05) is 18.4 Å². The fraction of sp³-hybridized carbons (Fsp3) is 0.391. The van der Waals surface area contributed by atoms with Crippen LogP contribution < -0.4 is 5.32 Å². The molecule has 1 amide bonds. The lowest BCUT2D eigenvalue weighted by Gasteiger charge is -2.39. The second-order valence-electron chi connectivity index (χ2n) is 8.72. The van der Waals surface area contributed by atoms with Gasteiger partial charge in [-0.2, -0.15) is 13.2 Å². The third-order valence-electron chi connectivity index (χ3n) is 6.64. The maximum absolute atomic E-state index is 13.7. The summed E-state index contributed by atoms with van der Waals surface area (Å²) >= 11 is 0. The SMILES string of the molecule is Cc1ccnc(C(=O)N2CC3CCC2(CNc2ccc(C(F)(F)F)cn2)C3)c1-c1ncco1. The Morgan fingerprint density at radius 3 is 2.76 bits per heavy atom. The van der Waals surface area contributed by atoms with Crippen molar-refractivity contribution < 1.29 is 22.4 Å². The van der Waals surface area contributed by atoms with Crippen LogP contribution in [-0.2, 0) is 6.18 Å². The first-order chi connectivity index (χ1) is 15.8. The predicted octanol–water partition coefficient (Wildman–Crippen LogP) is 4.57. The highest BCUT2D eigenvalue weighted by Crippen LogP contribution is 2.47. The number of nitrogens with one attached hydrogen (secondary N) is 1. The van der Waals surface area contributed by atoms with E-state index in [9.17, 15) is 18.0 Å². The van der Waals surface area contributed by atoms with Crippen LogP contribution in [0.2, 0.25) is 0 Å². The zero-order chi connectivity index (χ0) is 23.2. The third kappa shape index (κ3) is 3.83. The lowest BCUT2D eigenvalue weighted by molar-refractivity contribution is -0.137. The Morgan fingerprint density at radius 2 is 2.09 bits per heavy atom. The molecule has 4 heterocycles. The van der Waals surface area contributed by atoms with Crippen LogP contribution in [0.3, 0.4) is 0 Å². The largest absolute Gasteiger partial charge is 0.444 e. The molecule has 2 unspecified atom stereocenters. The average Bonchev–Trinajstić information content (AvgIpc) is 3.53. The minimum absolute atomic E-state index is 0.198. The first-order valence-electron chi connectivity index (χ1n) is 10.7. The van der Waals surface area contributed by atoms with E-state index < -0.39 is 17.3 Å². The molecule has 7 nitrogen and oxygen atoms in total. The number of amides is 1. The van der Waals surface area contributed by atoms with E-state index in [1.807, 2.05) is 11.8 Å². The van der Waals surface area contributed by atoms with Crippen LogP contribution in [0.15, 0.2) is 47.5 Å². The number of hydrogen-bond donors (Lipinski definition) is 1. The highest BCUT2D eigenvalue weighted by molar-refractivity contribution is 5.99. The van der Waals surface area contributed by atoms with Gasteiger partial charge in [0.25, 0.3) is 5.91 Å². The molecular weight excluding hydrogens is 435 g/mol. The van der Waals surface area contributed by atoms with Gasteiger partial charge in [0, 0.05) is 25.5 Å². The Bertz CT molecular complexity index is 1160. The van der Waals surface area contributed by atoms with Crippen molar-refractivity contribution in [2.45, 2.75) is 37.9 Å². The second kappa shape index (κ2) is 7.86. The van der Waals surface area contributed by atoms with E-state index in [0.717, 1.165) is 37.1 Å². The molecule has 10 heteroatoms. The molecular formula is C23H22F3N5O2. The number of aryl methyl sites for hydroxylation is 1. The topological polar surface area (TPSA) is 84.2 Å². The summed E-state index contributed by atoms with van der Waals surface area (Å²) in [5.41, 5.74) is 0.446. The number of carbonyl (C=O) groups is 1. The molecule has 2 bridgehead atoms. The van der Waals surface area contributed by atoms with Crippen LogP contribution in [0.4, 0.5) is 19.0 Å².